The van der Waals surface area contributed by atoms with E-state index in [2.05, 4.69) is 135 Å². The molecule has 0 bridgehead atoms. The first-order valence-corrected chi connectivity index (χ1v) is 45.1. The summed E-state index contributed by atoms with van der Waals surface area (Å²) in [6.45, 7) is 31.4. The molecule has 8 aliphatic rings. The summed E-state index contributed by atoms with van der Waals surface area (Å²) in [6, 6.07) is 23.5. The average molecular weight is 1620 g/mol. The van der Waals surface area contributed by atoms with Crippen LogP contribution in [-0.2, 0) is 19.1 Å². The van der Waals surface area contributed by atoms with Crippen molar-refractivity contribution in [3.8, 4) is 17.2 Å². The molecule has 17 rings (SSSR count). The molecule has 1 aliphatic carbocycles. The van der Waals surface area contributed by atoms with Crippen molar-refractivity contribution < 1.29 is 33.3 Å². The highest BCUT2D eigenvalue weighted by atomic mass is 32.1. The van der Waals surface area contributed by atoms with E-state index in [0.29, 0.717) is 57.1 Å². The van der Waals surface area contributed by atoms with Crippen LogP contribution < -0.4 is 39.1 Å². The zero-order valence-electron chi connectivity index (χ0n) is 68.5. The maximum absolute atomic E-state index is 13.3. The zero-order chi connectivity index (χ0) is 79.0. The Morgan fingerprint density at radius 2 is 1.03 bits per heavy atom. The van der Waals surface area contributed by atoms with Gasteiger partial charge in [0.15, 0.2) is 5.13 Å². The predicted molar refractivity (Wildman–Crippen MR) is 464 cm³/mol. The molecule has 13 heterocycles. The molecule has 1 saturated carbocycles. The van der Waals surface area contributed by atoms with Crippen LogP contribution in [0.1, 0.15) is 154 Å². The van der Waals surface area contributed by atoms with Crippen LogP contribution in [0.25, 0.3) is 32.7 Å². The van der Waals surface area contributed by atoms with E-state index in [1.807, 2.05) is 64.4 Å². The van der Waals surface area contributed by atoms with E-state index in [0.717, 1.165) is 247 Å². The van der Waals surface area contributed by atoms with E-state index in [1.165, 1.54) is 78.5 Å². The number of thiazole rings is 3. The van der Waals surface area contributed by atoms with Crippen LogP contribution >= 0.6 is 34.0 Å². The average Bonchev–Trinajstić information content (AvgIpc) is 0.908. The Hall–Kier alpha value is -7.96. The molecule has 0 radical (unpaired) electrons. The molecule has 27 heteroatoms. The molecule has 6 aromatic heterocycles. The van der Waals surface area contributed by atoms with Crippen molar-refractivity contribution >= 4 is 101 Å². The van der Waals surface area contributed by atoms with Gasteiger partial charge in [-0.1, -0.05) is 32.0 Å². The minimum Gasteiger partial charge on any atom is -0.494 e. The second-order valence-electron chi connectivity index (χ2n) is 32.1. The van der Waals surface area contributed by atoms with Gasteiger partial charge in [-0.05, 0) is 138 Å². The number of fused-ring (bicyclic) bond motifs is 3. The SMILES string of the molecule is COc1c(C)cc2cccnc2c1N1CCCN(C(CC(=O)NCCN2CCCC2=O)c2csc(N3CCOCC3)n2)CC1.COc1ccc2cccnc2c1N1CCCN(C(CCN2CCCC2)c2csc(C3CC3)n2)CC1.COc1ccc2cccnc2c1N1CCCN(C(CCN2CCOCC2)c2csc(C(C)C)n2)CC1. The van der Waals surface area contributed by atoms with Gasteiger partial charge in [-0.2, -0.15) is 0 Å². The van der Waals surface area contributed by atoms with Crippen LogP contribution in [0, 0.1) is 6.92 Å². The number of methoxy groups -OCH3 is 3. The lowest BCUT2D eigenvalue weighted by Gasteiger charge is -2.33. The number of nitrogens with one attached hydrogen (secondary N) is 1. The summed E-state index contributed by atoms with van der Waals surface area (Å²) in [5.74, 6) is 4.06. The van der Waals surface area contributed by atoms with E-state index in [4.69, 9.17) is 53.6 Å². The van der Waals surface area contributed by atoms with Gasteiger partial charge in [0.1, 0.15) is 34.3 Å². The first kappa shape index (κ1) is 82.2. The van der Waals surface area contributed by atoms with E-state index in [-0.39, 0.29) is 17.9 Å². The lowest BCUT2D eigenvalue weighted by molar-refractivity contribution is -0.128. The molecule has 1 N–H and O–H groups in total. The van der Waals surface area contributed by atoms with Crippen LogP contribution in [0.4, 0.5) is 22.2 Å². The van der Waals surface area contributed by atoms with Crippen molar-refractivity contribution in [2.24, 2.45) is 0 Å². The molecule has 7 saturated heterocycles. The number of amides is 2. The van der Waals surface area contributed by atoms with Crippen LogP contribution in [-0.4, -0.2) is 269 Å². The monoisotopic (exact) mass is 1620 g/mol. The fourth-order valence-corrected chi connectivity index (χ4v) is 20.7. The number of aromatic nitrogens is 6. The summed E-state index contributed by atoms with van der Waals surface area (Å²) in [4.78, 5) is 79.5. The number of anilines is 4. The topological polar surface area (TPSA) is 202 Å². The van der Waals surface area contributed by atoms with Crippen molar-refractivity contribution in [2.75, 3.05) is 218 Å². The van der Waals surface area contributed by atoms with Crippen molar-refractivity contribution in [3.63, 3.8) is 0 Å². The Morgan fingerprint density at radius 1 is 0.513 bits per heavy atom. The number of likely N-dealkylation sites (tertiary alicyclic amines) is 2. The fraction of sp³-hybridized carbons (Fsp3) is 0.568. The van der Waals surface area contributed by atoms with Crippen molar-refractivity contribution in [1.82, 2.24) is 64.6 Å². The Morgan fingerprint density at radius 3 is 1.58 bits per heavy atom. The van der Waals surface area contributed by atoms with Crippen molar-refractivity contribution in [1.29, 1.82) is 0 Å². The van der Waals surface area contributed by atoms with Gasteiger partial charge in [0.25, 0.3) is 0 Å². The molecule has 3 unspecified atom stereocenters. The molecule has 24 nitrogen and oxygen atoms in total. The van der Waals surface area contributed by atoms with Crippen molar-refractivity contribution in [2.45, 2.75) is 128 Å². The smallest absolute Gasteiger partial charge is 0.222 e. The third-order valence-electron chi connectivity index (χ3n) is 24.2. The molecule has 3 aromatic carbocycles. The molecule has 115 heavy (non-hydrogen) atoms. The molecule has 3 atom stereocenters. The normalized spacial score (nSPS) is 19.6. The molecule has 9 aromatic rings. The predicted octanol–water partition coefficient (Wildman–Crippen LogP) is 13.3. The summed E-state index contributed by atoms with van der Waals surface area (Å²) in [7, 11) is 5.26. The highest BCUT2D eigenvalue weighted by Crippen LogP contribution is 2.45. The summed E-state index contributed by atoms with van der Waals surface area (Å²) < 4.78 is 28.7. The number of rotatable bonds is 26. The molecular formula is C88H119N17O7S3. The molecule has 7 aliphatic heterocycles. The minimum absolute atomic E-state index is 0.0146. The number of benzene rings is 3. The standard InChI is InChI=1S/C32H43N7O4S.C28H39N5O2S.C28H37N5OS/c1-23-20-24-6-3-8-34-29(24)30(31(23)42-2)38-12-5-11-36(14-15-38)26(21-27(40)33-9-13-37-10-4-7-28(37)41)25-22-44-32(35-25)39-16-18-43-19-17-39;1-21(2)28-30-23(20-36-28)24(9-13-31-16-18-35-19-17-31)32-11-5-12-33(15-14-32)27-25(34-3)8-7-22-6-4-10-29-26(22)27;1-34-25-10-9-21-6-4-12-29-26(21)27(25)33-16-5-15-32(18-19-33)24(11-17-31-13-2-3-14-31)23-20-35-28(30-23)22-7-8-22/h3,6,8,20,22,26H,4-5,7,9-19,21H2,1-2H3,(H,33,40);4,6-8,10,20-21,24H,5,9,11-19H2,1-3H3;4,6,9-10,12,20,22,24H,2-3,5,7-8,11,13-19H2,1H3. The number of carbonyl (C=O) groups excluding carboxylic acids is 2. The molecular weight excluding hydrogens is 1500 g/mol. The largest absolute Gasteiger partial charge is 0.494 e. The zero-order valence-corrected chi connectivity index (χ0v) is 71.0. The number of morpholine rings is 2. The highest BCUT2D eigenvalue weighted by Gasteiger charge is 2.35. The second kappa shape index (κ2) is 40.0. The van der Waals surface area contributed by atoms with E-state index in [9.17, 15) is 9.59 Å². The number of ether oxygens (including phenoxy) is 5. The molecule has 2 amide bonds. The number of nitrogens with zero attached hydrogens (tertiary/aromatic N) is 16. The number of hydrogen-bond donors (Lipinski definition) is 1. The van der Waals surface area contributed by atoms with Gasteiger partial charge in [-0.25, -0.2) is 15.0 Å². The molecule has 0 spiro atoms. The maximum atomic E-state index is 13.3. The van der Waals surface area contributed by atoms with Crippen LogP contribution in [0.2, 0.25) is 0 Å². The van der Waals surface area contributed by atoms with Crippen LogP contribution in [0.5, 0.6) is 17.2 Å². The van der Waals surface area contributed by atoms with Crippen LogP contribution in [0.15, 0.2) is 101 Å². The van der Waals surface area contributed by atoms with Gasteiger partial charge >= 0.3 is 0 Å². The first-order chi connectivity index (χ1) is 56.4. The Balaban J connectivity index is 0.000000137. The van der Waals surface area contributed by atoms with Gasteiger partial charge in [-0.15, -0.1) is 34.0 Å². The number of aryl methyl sites for hydroxylation is 1. The maximum Gasteiger partial charge on any atom is 0.222 e. The summed E-state index contributed by atoms with van der Waals surface area (Å²) >= 11 is 5.35. The molecule has 8 fully saturated rings. The van der Waals surface area contributed by atoms with Gasteiger partial charge in [0, 0.05) is 213 Å². The molecule has 616 valence electrons. The van der Waals surface area contributed by atoms with Gasteiger partial charge < -0.3 is 58.4 Å². The Labute approximate surface area is 691 Å². The first-order valence-electron chi connectivity index (χ1n) is 42.4. The lowest BCUT2D eigenvalue weighted by atomic mass is 10.1. The van der Waals surface area contributed by atoms with Gasteiger partial charge in [0.05, 0.1) is 110 Å². The van der Waals surface area contributed by atoms with Crippen molar-refractivity contribution in [3.05, 3.63) is 134 Å². The van der Waals surface area contributed by atoms with Crippen LogP contribution in [0.3, 0.4) is 0 Å². The number of pyridine rings is 3. The Bertz CT molecular complexity index is 4640. The van der Waals surface area contributed by atoms with Gasteiger partial charge in [0.2, 0.25) is 11.8 Å². The van der Waals surface area contributed by atoms with E-state index >= 15 is 0 Å². The van der Waals surface area contributed by atoms with Gasteiger partial charge in [-0.3, -0.25) is 44.1 Å². The summed E-state index contributed by atoms with van der Waals surface area (Å²) in [5.41, 5.74) is 10.9. The quantitative estimate of drug-likeness (QED) is 0.0536. The number of hydrogen-bond acceptors (Lipinski definition) is 25. The summed E-state index contributed by atoms with van der Waals surface area (Å²) in [5, 5.41) is 16.9. The minimum atomic E-state index is -0.149. The van der Waals surface area contributed by atoms with E-state index < -0.39 is 0 Å². The third kappa shape index (κ3) is 20.4. The van der Waals surface area contributed by atoms with E-state index in [1.54, 1.807) is 32.7 Å². The highest BCUT2D eigenvalue weighted by molar-refractivity contribution is 7.13. The third-order valence-corrected chi connectivity index (χ3v) is 27.4. The Kier molecular flexibility index (Phi) is 28.6. The second-order valence-corrected chi connectivity index (χ2v) is 34.7. The lowest BCUT2D eigenvalue weighted by Crippen LogP contribution is -2.40. The fourth-order valence-electron chi connectivity index (χ4n) is 17.9. The summed E-state index contributed by atoms with van der Waals surface area (Å²) in [6.07, 6.45) is 18.2. The number of carbonyl (C=O) groups is 2.